The lowest BCUT2D eigenvalue weighted by Gasteiger charge is -2.26. The molecule has 0 aliphatic heterocycles. The van der Waals surface area contributed by atoms with Crippen molar-refractivity contribution in [3.05, 3.63) is 70.1 Å². The quantitative estimate of drug-likeness (QED) is 0.773. The van der Waals surface area contributed by atoms with Crippen LogP contribution in [0, 0.1) is 0 Å². The molecule has 6 nitrogen and oxygen atoms in total. The lowest BCUT2D eigenvalue weighted by atomic mass is 9.88. The van der Waals surface area contributed by atoms with Crippen molar-refractivity contribution < 1.29 is 9.53 Å². The summed E-state index contributed by atoms with van der Waals surface area (Å²) >= 11 is 0. The Bertz CT molecular complexity index is 1030. The molecule has 0 bridgehead atoms. The molecule has 0 saturated carbocycles. The lowest BCUT2D eigenvalue weighted by Crippen LogP contribution is -2.39. The van der Waals surface area contributed by atoms with E-state index < -0.39 is 0 Å². The lowest BCUT2D eigenvalue weighted by molar-refractivity contribution is 0.187. The molecule has 140 valence electrons. The van der Waals surface area contributed by atoms with E-state index >= 15 is 0 Å². The number of hydrogen-bond donors (Lipinski definition) is 1. The number of carbonyl (C=O) groups excluding carboxylic acids is 1. The van der Waals surface area contributed by atoms with E-state index in [-0.39, 0.29) is 17.8 Å². The summed E-state index contributed by atoms with van der Waals surface area (Å²) in [5.41, 5.74) is 3.42. The highest BCUT2D eigenvalue weighted by Gasteiger charge is 2.24. The van der Waals surface area contributed by atoms with E-state index in [1.807, 2.05) is 30.3 Å². The molecule has 0 spiro atoms. The molecule has 27 heavy (non-hydrogen) atoms. The van der Waals surface area contributed by atoms with Crippen molar-refractivity contribution in [3.63, 3.8) is 0 Å². The molecule has 4 rings (SSSR count). The van der Waals surface area contributed by atoms with E-state index in [1.54, 1.807) is 17.7 Å². The Morgan fingerprint density at radius 1 is 1.15 bits per heavy atom. The first-order valence-electron chi connectivity index (χ1n) is 9.28. The van der Waals surface area contributed by atoms with Gasteiger partial charge in [0.2, 0.25) is 0 Å². The van der Waals surface area contributed by atoms with E-state index in [0.717, 1.165) is 30.3 Å². The number of carbonyl (C=O) groups is 1. The Balaban J connectivity index is 1.70. The summed E-state index contributed by atoms with van der Waals surface area (Å²) in [6.45, 7) is 0.813. The van der Waals surface area contributed by atoms with E-state index in [2.05, 4.69) is 17.4 Å². The first-order chi connectivity index (χ1) is 13.2. The minimum Gasteiger partial charge on any atom is -0.383 e. The number of imidazole rings is 1. The number of nitrogens with one attached hydrogen (secondary N) is 1. The number of nitrogens with zero attached hydrogens (tertiary/aromatic N) is 2. The van der Waals surface area contributed by atoms with Crippen LogP contribution in [0.5, 0.6) is 0 Å². The predicted octanol–water partition coefficient (Wildman–Crippen LogP) is 3.08. The Morgan fingerprint density at radius 3 is 2.70 bits per heavy atom. The molecule has 1 unspecified atom stereocenters. The van der Waals surface area contributed by atoms with Gasteiger partial charge in [-0.1, -0.05) is 36.4 Å². The van der Waals surface area contributed by atoms with Gasteiger partial charge in [-0.3, -0.25) is 4.57 Å². The maximum absolute atomic E-state index is 13.1. The van der Waals surface area contributed by atoms with Gasteiger partial charge in [0.25, 0.3) is 0 Å². The third-order valence-electron chi connectivity index (χ3n) is 5.22. The van der Waals surface area contributed by atoms with Crippen LogP contribution in [0.15, 0.2) is 53.3 Å². The topological polar surface area (TPSA) is 65.3 Å². The second kappa shape index (κ2) is 7.40. The van der Waals surface area contributed by atoms with Crippen molar-refractivity contribution in [1.82, 2.24) is 14.5 Å². The van der Waals surface area contributed by atoms with Crippen LogP contribution in [0.2, 0.25) is 0 Å². The number of aryl methyl sites for hydroxylation is 1. The van der Waals surface area contributed by atoms with Gasteiger partial charge in [0, 0.05) is 7.11 Å². The van der Waals surface area contributed by atoms with Crippen molar-refractivity contribution in [3.8, 4) is 0 Å². The van der Waals surface area contributed by atoms with Crippen LogP contribution in [0.4, 0.5) is 4.79 Å². The molecule has 1 N–H and O–H groups in total. The first kappa shape index (κ1) is 17.5. The second-order valence-electron chi connectivity index (χ2n) is 6.84. The van der Waals surface area contributed by atoms with E-state index in [1.165, 1.54) is 10.1 Å². The molecule has 0 fully saturated rings. The summed E-state index contributed by atoms with van der Waals surface area (Å²) < 4.78 is 7.94. The fourth-order valence-electron chi connectivity index (χ4n) is 3.92. The number of benzene rings is 2. The average Bonchev–Trinajstić information content (AvgIpc) is 2.98. The number of hydrogen-bond acceptors (Lipinski definition) is 3. The normalized spacial score (nSPS) is 16.3. The average molecular weight is 365 g/mol. The fraction of sp³-hybridized carbons (Fsp3) is 0.333. The first-order valence-corrected chi connectivity index (χ1v) is 9.28. The SMILES string of the molecule is COCCn1c(=O)n(C(=O)NC2CCCc3ccccc32)c2ccccc21. The van der Waals surface area contributed by atoms with Gasteiger partial charge in [-0.05, 0) is 42.5 Å². The van der Waals surface area contributed by atoms with Crippen molar-refractivity contribution in [2.45, 2.75) is 31.8 Å². The molecule has 6 heteroatoms. The fourth-order valence-corrected chi connectivity index (χ4v) is 3.92. The highest BCUT2D eigenvalue weighted by Crippen LogP contribution is 2.29. The van der Waals surface area contributed by atoms with Gasteiger partial charge in [-0.25, -0.2) is 14.2 Å². The maximum atomic E-state index is 13.1. The molecule has 3 aromatic rings. The summed E-state index contributed by atoms with van der Waals surface area (Å²) in [7, 11) is 1.59. The van der Waals surface area contributed by atoms with Crippen LogP contribution < -0.4 is 11.0 Å². The Morgan fingerprint density at radius 2 is 1.89 bits per heavy atom. The molecule has 0 radical (unpaired) electrons. The third-order valence-corrected chi connectivity index (χ3v) is 5.22. The van der Waals surface area contributed by atoms with Crippen LogP contribution in [-0.2, 0) is 17.7 Å². The summed E-state index contributed by atoms with van der Waals surface area (Å²) in [6.07, 6.45) is 2.92. The summed E-state index contributed by atoms with van der Waals surface area (Å²) in [5, 5.41) is 3.07. The smallest absolute Gasteiger partial charge is 0.337 e. The number of amides is 1. The highest BCUT2D eigenvalue weighted by molar-refractivity contribution is 5.89. The largest absolute Gasteiger partial charge is 0.383 e. The molecular weight excluding hydrogens is 342 g/mol. The van der Waals surface area contributed by atoms with Crippen LogP contribution >= 0.6 is 0 Å². The van der Waals surface area contributed by atoms with Crippen molar-refractivity contribution in [2.75, 3.05) is 13.7 Å². The van der Waals surface area contributed by atoms with E-state index in [4.69, 9.17) is 4.74 Å². The van der Waals surface area contributed by atoms with Gasteiger partial charge < -0.3 is 10.1 Å². The number of ether oxygens (including phenoxy) is 1. The zero-order valence-electron chi connectivity index (χ0n) is 15.4. The Kier molecular flexibility index (Phi) is 4.81. The molecule has 1 heterocycles. The maximum Gasteiger partial charge on any atom is 0.337 e. The van der Waals surface area contributed by atoms with Crippen molar-refractivity contribution in [1.29, 1.82) is 0 Å². The minimum atomic E-state index is -0.380. The zero-order valence-corrected chi connectivity index (χ0v) is 15.4. The van der Waals surface area contributed by atoms with Crippen molar-refractivity contribution >= 4 is 17.1 Å². The van der Waals surface area contributed by atoms with Crippen LogP contribution in [0.1, 0.15) is 30.0 Å². The van der Waals surface area contributed by atoms with Crippen LogP contribution in [0.3, 0.4) is 0 Å². The number of rotatable bonds is 4. The van der Waals surface area contributed by atoms with E-state index in [0.29, 0.717) is 18.7 Å². The molecule has 1 aliphatic carbocycles. The van der Waals surface area contributed by atoms with Gasteiger partial charge in [0.15, 0.2) is 0 Å². The Hall–Kier alpha value is -2.86. The molecular formula is C21H23N3O3. The van der Waals surface area contributed by atoms with Crippen LogP contribution in [0.25, 0.3) is 11.0 Å². The number of para-hydroxylation sites is 2. The Labute approximate surface area is 157 Å². The summed E-state index contributed by atoms with van der Waals surface area (Å²) in [6, 6.07) is 15.1. The van der Waals surface area contributed by atoms with Gasteiger partial charge in [0.05, 0.1) is 30.2 Å². The third kappa shape index (κ3) is 3.17. The zero-order chi connectivity index (χ0) is 18.8. The van der Waals surface area contributed by atoms with Crippen molar-refractivity contribution in [2.24, 2.45) is 0 Å². The minimum absolute atomic E-state index is 0.0737. The highest BCUT2D eigenvalue weighted by atomic mass is 16.5. The molecule has 0 saturated heterocycles. The standard InChI is InChI=1S/C21H23N3O3/c1-27-14-13-23-18-11-4-5-12-19(18)24(21(23)26)20(25)22-17-10-6-8-15-7-2-3-9-16(15)17/h2-5,7,9,11-12,17H,6,8,10,13-14H2,1H3,(H,22,25). The summed E-state index contributed by atoms with van der Waals surface area (Å²) in [4.78, 5) is 26.0. The van der Waals surface area contributed by atoms with E-state index in [9.17, 15) is 9.59 Å². The molecule has 1 atom stereocenters. The van der Waals surface area contributed by atoms with Gasteiger partial charge in [-0.15, -0.1) is 0 Å². The van der Waals surface area contributed by atoms with Gasteiger partial charge in [-0.2, -0.15) is 0 Å². The number of fused-ring (bicyclic) bond motifs is 2. The predicted molar refractivity (Wildman–Crippen MR) is 104 cm³/mol. The van der Waals surface area contributed by atoms with Crippen LogP contribution in [-0.4, -0.2) is 28.9 Å². The molecule has 1 amide bonds. The molecule has 1 aromatic heterocycles. The molecule has 1 aliphatic rings. The number of aromatic nitrogens is 2. The number of methoxy groups -OCH3 is 1. The second-order valence-corrected chi connectivity index (χ2v) is 6.84. The molecule has 2 aromatic carbocycles. The van der Waals surface area contributed by atoms with Gasteiger partial charge in [0.1, 0.15) is 0 Å². The van der Waals surface area contributed by atoms with Gasteiger partial charge >= 0.3 is 11.7 Å². The summed E-state index contributed by atoms with van der Waals surface area (Å²) in [5.74, 6) is 0. The monoisotopic (exact) mass is 365 g/mol.